The minimum Gasteiger partial charge on any atom is -0.504 e. The summed E-state index contributed by atoms with van der Waals surface area (Å²) in [6.45, 7) is -0.215. The van der Waals surface area contributed by atoms with Gasteiger partial charge in [-0.1, -0.05) is 18.2 Å². The summed E-state index contributed by atoms with van der Waals surface area (Å²) in [6, 6.07) is 7.35. The van der Waals surface area contributed by atoms with Crippen molar-refractivity contribution in [3.05, 3.63) is 77.1 Å². The lowest BCUT2D eigenvalue weighted by Gasteiger charge is -2.48. The van der Waals surface area contributed by atoms with Crippen LogP contribution in [-0.2, 0) is 77.6 Å². The number of benzene rings is 2. The van der Waals surface area contributed by atoms with Crippen LogP contribution in [0.1, 0.15) is 31.4 Å². The van der Waals surface area contributed by atoms with Crippen LogP contribution in [0.25, 0.3) is 6.08 Å². The maximum Gasteiger partial charge on any atom is 0.337 e. The van der Waals surface area contributed by atoms with Crippen molar-refractivity contribution in [2.24, 2.45) is 5.92 Å². The van der Waals surface area contributed by atoms with Gasteiger partial charge in [-0.05, 0) is 61.7 Å². The minimum atomic E-state index is -2.11. The fourth-order valence-corrected chi connectivity index (χ4v) is 9.54. The molecule has 22 unspecified atom stereocenters. The van der Waals surface area contributed by atoms with E-state index in [1.165, 1.54) is 44.2 Å². The van der Waals surface area contributed by atoms with Crippen molar-refractivity contribution >= 4 is 24.0 Å². The molecule has 2 aromatic rings. The van der Waals surface area contributed by atoms with Gasteiger partial charge in [0.15, 0.2) is 60.4 Å². The number of hydrogen-bond acceptors (Lipinski definition) is 30. The quantitative estimate of drug-likeness (QED) is 0.0195. The maximum atomic E-state index is 14.8. The van der Waals surface area contributed by atoms with Gasteiger partial charge in [0.05, 0.1) is 57.9 Å². The third-order valence-electron chi connectivity index (χ3n) is 14.2. The Morgan fingerprint density at radius 1 is 0.610 bits per heavy atom. The average Bonchev–Trinajstić information content (AvgIpc) is 2.93. The summed E-state index contributed by atoms with van der Waals surface area (Å²) >= 11 is 0. The molecule has 0 bridgehead atoms. The lowest BCUT2D eigenvalue weighted by atomic mass is 9.86. The Morgan fingerprint density at radius 3 is 1.80 bits per heavy atom. The van der Waals surface area contributed by atoms with E-state index < -0.39 is 209 Å². The predicted molar refractivity (Wildman–Crippen MR) is 265 cm³/mol. The predicted octanol–water partition coefficient (Wildman–Crippen LogP) is -4.46. The highest BCUT2D eigenvalue weighted by Crippen LogP contribution is 2.39. The average molecular weight is 1170 g/mol. The van der Waals surface area contributed by atoms with Crippen molar-refractivity contribution in [1.82, 2.24) is 0 Å². The summed E-state index contributed by atoms with van der Waals surface area (Å²) in [5.41, 5.74) is 0.183. The Balaban J connectivity index is 1.29. The fraction of sp³-hybridized carbons (Fsp3) is 0.596. The van der Waals surface area contributed by atoms with E-state index in [2.05, 4.69) is 0 Å². The molecule has 7 rings (SSSR count). The summed E-state index contributed by atoms with van der Waals surface area (Å²) in [6.07, 6.45) is -35.1. The molecule has 0 spiro atoms. The molecular formula is C52H68O30. The van der Waals surface area contributed by atoms with Gasteiger partial charge in [0.2, 0.25) is 6.29 Å². The number of aliphatic hydroxyl groups excluding tert-OH is 11. The van der Waals surface area contributed by atoms with Crippen LogP contribution in [0.3, 0.4) is 0 Å². The minimum absolute atomic E-state index is 0.0272. The normalized spacial score (nSPS) is 37.4. The first-order chi connectivity index (χ1) is 39.0. The second-order valence-corrected chi connectivity index (χ2v) is 19.6. The van der Waals surface area contributed by atoms with Crippen LogP contribution < -0.4 is 0 Å². The number of phenolic OH excluding ortho intramolecular Hbond substituents is 4. The lowest BCUT2D eigenvalue weighted by molar-refractivity contribution is -0.364. The number of hydrogen-bond donors (Lipinski definition) is 15. The number of carbonyl (C=O) groups excluding carboxylic acids is 3. The monoisotopic (exact) mass is 1170 g/mol. The molecule has 0 aliphatic carbocycles. The van der Waals surface area contributed by atoms with Crippen LogP contribution in [0.2, 0.25) is 0 Å². The highest BCUT2D eigenvalue weighted by Gasteiger charge is 2.56. The van der Waals surface area contributed by atoms with E-state index in [1.54, 1.807) is 0 Å². The molecule has 15 N–H and O–H groups in total. The Bertz CT molecular complexity index is 2570. The Labute approximate surface area is 466 Å². The van der Waals surface area contributed by atoms with Gasteiger partial charge in [0.25, 0.3) is 0 Å². The molecule has 5 aliphatic heterocycles. The highest BCUT2D eigenvalue weighted by molar-refractivity contribution is 5.91. The van der Waals surface area contributed by atoms with Gasteiger partial charge in [0.1, 0.15) is 79.4 Å². The van der Waals surface area contributed by atoms with Crippen LogP contribution in [0.5, 0.6) is 23.0 Å². The number of carbonyl (C=O) groups is 3. The van der Waals surface area contributed by atoms with E-state index in [0.29, 0.717) is 5.56 Å². The van der Waals surface area contributed by atoms with Crippen molar-refractivity contribution < 1.29 is 148 Å². The lowest BCUT2D eigenvalue weighted by Crippen LogP contribution is -2.66. The maximum absolute atomic E-state index is 14.8. The zero-order valence-electron chi connectivity index (χ0n) is 44.0. The Morgan fingerprint density at radius 2 is 1.20 bits per heavy atom. The largest absolute Gasteiger partial charge is 0.504 e. The zero-order chi connectivity index (χ0) is 59.9. The molecule has 0 radical (unpaired) electrons. The molecule has 0 saturated carbocycles. The molecule has 4 saturated heterocycles. The number of ether oxygens (including phenoxy) is 12. The first-order valence-corrected chi connectivity index (χ1v) is 25.7. The van der Waals surface area contributed by atoms with Gasteiger partial charge in [-0.3, -0.25) is 4.79 Å². The molecule has 4 fully saturated rings. The van der Waals surface area contributed by atoms with Crippen molar-refractivity contribution in [2.45, 2.75) is 156 Å². The Hall–Kier alpha value is -5.69. The van der Waals surface area contributed by atoms with E-state index >= 15 is 0 Å². The number of allylic oxidation sites excluding steroid dienone is 1. The van der Waals surface area contributed by atoms with E-state index in [0.717, 1.165) is 37.7 Å². The van der Waals surface area contributed by atoms with Gasteiger partial charge in [0, 0.05) is 17.6 Å². The van der Waals surface area contributed by atoms with Crippen molar-refractivity contribution in [3.63, 3.8) is 0 Å². The summed E-state index contributed by atoms with van der Waals surface area (Å²) in [7, 11) is 1.02. The van der Waals surface area contributed by atoms with E-state index in [-0.39, 0.29) is 23.1 Å². The molecule has 2 aromatic carbocycles. The molecule has 0 amide bonds. The number of phenols is 4. The van der Waals surface area contributed by atoms with Crippen molar-refractivity contribution in [3.8, 4) is 23.0 Å². The Kier molecular flexibility index (Phi) is 22.0. The smallest absolute Gasteiger partial charge is 0.337 e. The summed E-state index contributed by atoms with van der Waals surface area (Å²) < 4.78 is 70.4. The van der Waals surface area contributed by atoms with Crippen molar-refractivity contribution in [2.75, 3.05) is 33.5 Å². The van der Waals surface area contributed by atoms with Gasteiger partial charge in [-0.15, -0.1) is 0 Å². The standard InChI is InChI=1S/C52H68O30/c1-4-23-24(25(47(70)71-3)18-73-48(23)82-51-43(69)40(66)37(63)31(17-54)77-51)15-34(60)80-46-45(81-50-42(68)38(64)35(61)20(2)75-50)44(79-33(59)10-7-21-5-8-26(55)28(57)13-21)32(19-74-49-41(67)39(65)36(62)30(16-53)76-49)78-52(46)72-12-11-22-6-9-27(56)29(58)14-22/h4-10,13-14,18,20,24,30-32,35-46,48-58,61-69H,11-12,15-17,19H2,1-3H3. The molecular weight excluding hydrogens is 1100 g/mol. The fourth-order valence-electron chi connectivity index (χ4n) is 9.54. The van der Waals surface area contributed by atoms with Gasteiger partial charge in [-0.25, -0.2) is 9.59 Å². The molecule has 456 valence electrons. The molecule has 0 aromatic heterocycles. The second kappa shape index (κ2) is 28.3. The van der Waals surface area contributed by atoms with E-state index in [9.17, 15) is 91.0 Å². The third-order valence-corrected chi connectivity index (χ3v) is 14.2. The van der Waals surface area contributed by atoms with Crippen molar-refractivity contribution in [1.29, 1.82) is 0 Å². The molecule has 30 heteroatoms. The van der Waals surface area contributed by atoms with E-state index in [4.69, 9.17) is 56.8 Å². The number of aromatic hydroxyl groups is 4. The number of esters is 3. The van der Waals surface area contributed by atoms with Crippen LogP contribution in [0.15, 0.2) is 66.0 Å². The van der Waals surface area contributed by atoms with Crippen LogP contribution in [0.4, 0.5) is 0 Å². The summed E-state index contributed by atoms with van der Waals surface area (Å²) in [5.74, 6) is -6.95. The van der Waals surface area contributed by atoms with Crippen LogP contribution in [0, 0.1) is 5.92 Å². The first-order valence-electron chi connectivity index (χ1n) is 25.7. The van der Waals surface area contributed by atoms with Crippen LogP contribution >= 0.6 is 0 Å². The first kappa shape index (κ1) is 63.9. The molecule has 5 heterocycles. The zero-order valence-corrected chi connectivity index (χ0v) is 44.0. The van der Waals surface area contributed by atoms with E-state index in [1.807, 2.05) is 0 Å². The molecule has 82 heavy (non-hydrogen) atoms. The molecule has 30 nitrogen and oxygen atoms in total. The second-order valence-electron chi connectivity index (χ2n) is 19.6. The number of methoxy groups -OCH3 is 1. The number of rotatable bonds is 20. The molecule has 22 atom stereocenters. The van der Waals surface area contributed by atoms with Gasteiger partial charge < -0.3 is 133 Å². The SMILES string of the molecule is CC=C1C(OC2OC(CO)C(O)C(O)C2O)OC=C(C(=O)OC)C1CC(=O)OC1C(OCCc2ccc(O)c(O)c2)OC(COC2OC(CO)C(O)C(O)C2O)C(OC(=O)C=Cc2ccc(O)c(O)c2)C1OC1OC(C)C(O)C(O)C1O. The molecule has 5 aliphatic rings. The number of aliphatic hydroxyl groups is 11. The van der Waals surface area contributed by atoms with Crippen LogP contribution in [-0.4, -0.2) is 257 Å². The summed E-state index contributed by atoms with van der Waals surface area (Å²) in [4.78, 5) is 42.3. The summed E-state index contributed by atoms with van der Waals surface area (Å²) in [5, 5.41) is 157. The third kappa shape index (κ3) is 14.6. The van der Waals surface area contributed by atoms with Gasteiger partial charge >= 0.3 is 17.9 Å². The van der Waals surface area contributed by atoms with Gasteiger partial charge in [-0.2, -0.15) is 0 Å². The topological polar surface area (TPSA) is 465 Å². The highest BCUT2D eigenvalue weighted by atomic mass is 16.8.